The number of hydrogen-bond donors (Lipinski definition) is 3. The zero-order valence-electron chi connectivity index (χ0n) is 11.6. The highest BCUT2D eigenvalue weighted by Crippen LogP contribution is 2.16. The largest absolute Gasteiger partial charge is 0.476 e. The monoisotopic (exact) mass is 336 g/mol. The third-order valence-corrected chi connectivity index (χ3v) is 3.65. The second-order valence-electron chi connectivity index (χ2n) is 4.57. The molecule has 1 atom stereocenters. The molecule has 0 spiro atoms. The molecule has 9 nitrogen and oxygen atoms in total. The van der Waals surface area contributed by atoms with Crippen LogP contribution >= 0.6 is 11.3 Å². The molecule has 0 saturated carbocycles. The maximum absolute atomic E-state index is 11.9. The first-order valence-corrected chi connectivity index (χ1v) is 7.23. The fourth-order valence-corrected chi connectivity index (χ4v) is 2.42. The topological polar surface area (TPSA) is 148 Å². The Hall–Kier alpha value is -2.85. The zero-order chi connectivity index (χ0) is 17.0. The molecule has 10 heteroatoms. The summed E-state index contributed by atoms with van der Waals surface area (Å²) in [5.74, 6) is -1.70. The van der Waals surface area contributed by atoms with Crippen LogP contribution in [0.5, 0.6) is 0 Å². The number of nitrogens with two attached hydrogens (primary N) is 1. The van der Waals surface area contributed by atoms with Crippen molar-refractivity contribution in [2.24, 2.45) is 5.73 Å². The van der Waals surface area contributed by atoms with Gasteiger partial charge in [-0.1, -0.05) is 12.1 Å². The molecule has 120 valence electrons. The van der Waals surface area contributed by atoms with Crippen LogP contribution in [0.3, 0.4) is 0 Å². The summed E-state index contributed by atoms with van der Waals surface area (Å²) in [6, 6.07) is 4.82. The van der Waals surface area contributed by atoms with Gasteiger partial charge in [-0.25, -0.2) is 9.78 Å². The Bertz CT molecular complexity index is 743. The fourth-order valence-electron chi connectivity index (χ4n) is 1.73. The first kappa shape index (κ1) is 16.5. The average molecular weight is 336 g/mol. The SMILES string of the molecule is N[C@@H](Cc1ccc([N+](=O)[O-])cc1)C(=O)Nc1nc(C(=O)O)cs1. The molecule has 23 heavy (non-hydrogen) atoms. The van der Waals surface area contributed by atoms with Crippen LogP contribution in [0.4, 0.5) is 10.8 Å². The van der Waals surface area contributed by atoms with Gasteiger partial charge in [0.15, 0.2) is 10.8 Å². The van der Waals surface area contributed by atoms with Gasteiger partial charge in [-0.2, -0.15) is 0 Å². The Morgan fingerprint density at radius 1 is 1.39 bits per heavy atom. The highest BCUT2D eigenvalue weighted by atomic mass is 32.1. The van der Waals surface area contributed by atoms with Gasteiger partial charge in [0.2, 0.25) is 5.91 Å². The molecule has 1 amide bonds. The van der Waals surface area contributed by atoms with E-state index in [0.717, 1.165) is 11.3 Å². The molecule has 0 fully saturated rings. The number of anilines is 1. The van der Waals surface area contributed by atoms with Gasteiger partial charge in [-0.3, -0.25) is 14.9 Å². The summed E-state index contributed by atoms with van der Waals surface area (Å²) < 4.78 is 0. The standard InChI is InChI=1S/C13H12N4O5S/c14-9(5-7-1-3-8(4-2-7)17(21)22)11(18)16-13-15-10(6-23-13)12(19)20/h1-4,6,9H,5,14H2,(H,19,20)(H,15,16,18)/t9-/m0/s1. The molecular formula is C13H12N4O5S. The molecule has 1 aromatic carbocycles. The van der Waals surface area contributed by atoms with Gasteiger partial charge < -0.3 is 16.2 Å². The van der Waals surface area contributed by atoms with Gasteiger partial charge in [0.1, 0.15) is 0 Å². The third-order valence-electron chi connectivity index (χ3n) is 2.89. The quantitative estimate of drug-likeness (QED) is 0.531. The van der Waals surface area contributed by atoms with Crippen LogP contribution in [0.1, 0.15) is 16.1 Å². The Kier molecular flexibility index (Phi) is 4.98. The second kappa shape index (κ2) is 6.94. The lowest BCUT2D eigenvalue weighted by atomic mass is 10.1. The number of nitrogens with one attached hydrogen (secondary N) is 1. The number of aromatic carboxylic acids is 1. The van der Waals surface area contributed by atoms with Crippen molar-refractivity contribution in [1.29, 1.82) is 0 Å². The lowest BCUT2D eigenvalue weighted by Crippen LogP contribution is -2.37. The molecule has 0 radical (unpaired) electrons. The highest BCUT2D eigenvalue weighted by molar-refractivity contribution is 7.14. The van der Waals surface area contributed by atoms with Gasteiger partial charge in [0, 0.05) is 17.5 Å². The van der Waals surface area contributed by atoms with Gasteiger partial charge in [0.05, 0.1) is 11.0 Å². The lowest BCUT2D eigenvalue weighted by molar-refractivity contribution is -0.384. The maximum atomic E-state index is 11.9. The number of non-ortho nitro benzene ring substituents is 1. The fraction of sp³-hybridized carbons (Fsp3) is 0.154. The summed E-state index contributed by atoms with van der Waals surface area (Å²) in [7, 11) is 0. The first-order chi connectivity index (χ1) is 10.9. The number of thiazole rings is 1. The van der Waals surface area contributed by atoms with Gasteiger partial charge in [-0.15, -0.1) is 11.3 Å². The molecule has 0 unspecified atom stereocenters. The molecule has 1 heterocycles. The number of rotatable bonds is 6. The number of carbonyl (C=O) groups is 2. The summed E-state index contributed by atoms with van der Waals surface area (Å²) in [5, 5.41) is 23.2. The van der Waals surface area contributed by atoms with Crippen molar-refractivity contribution in [3.63, 3.8) is 0 Å². The van der Waals surface area contributed by atoms with E-state index in [1.807, 2.05) is 0 Å². The number of nitro groups is 1. The third kappa shape index (κ3) is 4.31. The minimum absolute atomic E-state index is 0.0456. The van der Waals surface area contributed by atoms with E-state index in [9.17, 15) is 19.7 Å². The smallest absolute Gasteiger partial charge is 0.355 e. The lowest BCUT2D eigenvalue weighted by Gasteiger charge is -2.10. The van der Waals surface area contributed by atoms with Crippen molar-refractivity contribution < 1.29 is 19.6 Å². The molecule has 4 N–H and O–H groups in total. The number of nitro benzene ring substituents is 1. The van der Waals surface area contributed by atoms with Crippen molar-refractivity contribution >= 4 is 34.0 Å². The normalized spacial score (nSPS) is 11.7. The van der Waals surface area contributed by atoms with Gasteiger partial charge in [0.25, 0.3) is 5.69 Å². The summed E-state index contributed by atoms with van der Waals surface area (Å²) in [5.41, 5.74) is 6.24. The number of carboxylic acids is 1. The van der Waals surface area contributed by atoms with Crippen molar-refractivity contribution in [3.8, 4) is 0 Å². The number of benzene rings is 1. The van der Waals surface area contributed by atoms with Crippen molar-refractivity contribution in [2.45, 2.75) is 12.5 Å². The number of nitrogens with zero attached hydrogens (tertiary/aromatic N) is 2. The van der Waals surface area contributed by atoms with Gasteiger partial charge in [-0.05, 0) is 12.0 Å². The Morgan fingerprint density at radius 2 is 2.04 bits per heavy atom. The number of amides is 1. The number of hydrogen-bond acceptors (Lipinski definition) is 7. The van der Waals surface area contributed by atoms with E-state index in [1.54, 1.807) is 0 Å². The molecule has 0 bridgehead atoms. The maximum Gasteiger partial charge on any atom is 0.355 e. The van der Waals surface area contributed by atoms with Crippen LogP contribution in [0.2, 0.25) is 0 Å². The van der Waals surface area contributed by atoms with E-state index in [4.69, 9.17) is 10.8 Å². The van der Waals surface area contributed by atoms with Crippen LogP contribution in [0, 0.1) is 10.1 Å². The molecule has 0 aliphatic carbocycles. The van der Waals surface area contributed by atoms with Crippen LogP contribution in [0.15, 0.2) is 29.6 Å². The second-order valence-corrected chi connectivity index (χ2v) is 5.42. The Labute approximate surface area is 133 Å². The van der Waals surface area contributed by atoms with E-state index in [2.05, 4.69) is 10.3 Å². The predicted octanol–water partition coefficient (Wildman–Crippen LogP) is 1.26. The average Bonchev–Trinajstić information content (AvgIpc) is 2.96. The predicted molar refractivity (Wildman–Crippen MR) is 82.5 cm³/mol. The highest BCUT2D eigenvalue weighted by Gasteiger charge is 2.17. The summed E-state index contributed by atoms with van der Waals surface area (Å²) in [6.07, 6.45) is 0.182. The molecule has 0 aliphatic heterocycles. The summed E-state index contributed by atoms with van der Waals surface area (Å²) >= 11 is 0.981. The Balaban J connectivity index is 1.96. The van der Waals surface area contributed by atoms with Crippen LogP contribution < -0.4 is 11.1 Å². The first-order valence-electron chi connectivity index (χ1n) is 6.35. The Morgan fingerprint density at radius 3 is 2.57 bits per heavy atom. The summed E-state index contributed by atoms with van der Waals surface area (Å²) in [4.78, 5) is 36.4. The number of carboxylic acid groups (broad SMARTS) is 1. The minimum Gasteiger partial charge on any atom is -0.476 e. The van der Waals surface area contributed by atoms with Crippen molar-refractivity contribution in [2.75, 3.05) is 5.32 Å². The van der Waals surface area contributed by atoms with Crippen LogP contribution in [0.25, 0.3) is 0 Å². The molecule has 2 rings (SSSR count). The van der Waals surface area contributed by atoms with Crippen LogP contribution in [-0.4, -0.2) is 32.9 Å². The zero-order valence-corrected chi connectivity index (χ0v) is 12.4. The van der Waals surface area contributed by atoms with Crippen molar-refractivity contribution in [1.82, 2.24) is 4.98 Å². The van der Waals surface area contributed by atoms with Crippen molar-refractivity contribution in [3.05, 3.63) is 51.0 Å². The van der Waals surface area contributed by atoms with Crippen LogP contribution in [-0.2, 0) is 11.2 Å². The van der Waals surface area contributed by atoms with E-state index in [1.165, 1.54) is 29.6 Å². The summed E-state index contributed by atoms with van der Waals surface area (Å²) in [6.45, 7) is 0. The molecule has 1 aromatic heterocycles. The van der Waals surface area contributed by atoms with E-state index in [-0.39, 0.29) is 22.9 Å². The van der Waals surface area contributed by atoms with E-state index in [0.29, 0.717) is 5.56 Å². The number of aromatic nitrogens is 1. The van der Waals surface area contributed by atoms with E-state index >= 15 is 0 Å². The number of carbonyl (C=O) groups excluding carboxylic acids is 1. The molecule has 0 saturated heterocycles. The minimum atomic E-state index is -1.18. The molecule has 0 aliphatic rings. The molecular weight excluding hydrogens is 324 g/mol. The molecule has 2 aromatic rings. The van der Waals surface area contributed by atoms with Gasteiger partial charge >= 0.3 is 5.97 Å². The van der Waals surface area contributed by atoms with E-state index < -0.39 is 22.8 Å².